The number of fused-ring (bicyclic) bond motifs is 3. The Labute approximate surface area is 221 Å². The monoisotopic (exact) mass is 518 g/mol. The maximum absolute atomic E-state index is 14.0. The summed E-state index contributed by atoms with van der Waals surface area (Å²) in [6.45, 7) is 15.1. The summed E-state index contributed by atoms with van der Waals surface area (Å²) in [5, 5.41) is 19.5. The van der Waals surface area contributed by atoms with E-state index < -0.39 is 23.4 Å². The molecule has 0 aromatic carbocycles. The van der Waals surface area contributed by atoms with Gasteiger partial charge in [0.05, 0.1) is 24.2 Å². The summed E-state index contributed by atoms with van der Waals surface area (Å²) in [4.78, 5) is 14.0. The maximum Gasteiger partial charge on any atom is 0.199 e. The first-order valence-corrected chi connectivity index (χ1v) is 14.5. The summed E-state index contributed by atoms with van der Waals surface area (Å²) < 4.78 is 25.7. The fourth-order valence-electron chi connectivity index (χ4n) is 8.59. The Balaban J connectivity index is 0.000000892. The molecule has 10 unspecified atom stereocenters. The highest BCUT2D eigenvalue weighted by atomic mass is 16.7. The summed E-state index contributed by atoms with van der Waals surface area (Å²) in [5.74, 6) is 0.482. The van der Waals surface area contributed by atoms with Gasteiger partial charge in [-0.3, -0.25) is 4.79 Å². The van der Waals surface area contributed by atoms with E-state index in [4.69, 9.17) is 24.1 Å². The molecule has 0 amide bonds. The van der Waals surface area contributed by atoms with E-state index in [0.717, 1.165) is 50.7 Å². The van der Waals surface area contributed by atoms with Gasteiger partial charge in [0.1, 0.15) is 11.9 Å². The van der Waals surface area contributed by atoms with E-state index in [0.29, 0.717) is 18.1 Å². The number of aliphatic hydroxyl groups excluding tert-OH is 2. The van der Waals surface area contributed by atoms with Crippen LogP contribution in [0.15, 0.2) is 23.5 Å². The molecule has 0 aromatic heterocycles. The fourth-order valence-corrected chi connectivity index (χ4v) is 8.59. The fraction of sp³-hybridized carbons (Fsp3) is 0.833. The van der Waals surface area contributed by atoms with E-state index in [-0.39, 0.29) is 48.5 Å². The second-order valence-corrected chi connectivity index (χ2v) is 12.4. The zero-order valence-electron chi connectivity index (χ0n) is 23.2. The average molecular weight is 519 g/mol. The second-order valence-electron chi connectivity index (χ2n) is 12.4. The number of hydrogen-bond acceptors (Lipinski definition) is 7. The van der Waals surface area contributed by atoms with Crippen molar-refractivity contribution in [1.82, 2.24) is 0 Å². The normalized spacial score (nSPS) is 45.2. The van der Waals surface area contributed by atoms with Crippen LogP contribution < -0.4 is 0 Å². The second kappa shape index (κ2) is 10.1. The van der Waals surface area contributed by atoms with Gasteiger partial charge < -0.3 is 29.2 Å². The number of Topliss-reactive ketones (excluding diaryl/α,β-unsaturated/α-hetero) is 1. The Bertz CT molecular complexity index is 940. The molecular weight excluding hydrogens is 472 g/mol. The number of carbonyl (C=O) groups is 1. The van der Waals surface area contributed by atoms with Gasteiger partial charge in [-0.25, -0.2) is 0 Å². The molecule has 7 heteroatoms. The minimum atomic E-state index is -0.884. The largest absolute Gasteiger partial charge is 0.469 e. The van der Waals surface area contributed by atoms with Gasteiger partial charge in [0, 0.05) is 30.8 Å². The van der Waals surface area contributed by atoms with Crippen molar-refractivity contribution in [2.75, 3.05) is 13.2 Å². The number of allylic oxidation sites excluding steroid dienone is 2. The third kappa shape index (κ3) is 4.07. The summed E-state index contributed by atoms with van der Waals surface area (Å²) in [6.07, 6.45) is 4.78. The summed E-state index contributed by atoms with van der Waals surface area (Å²) in [5.41, 5.74) is 1.13. The quantitative estimate of drug-likeness (QED) is 0.418. The highest BCUT2D eigenvalue weighted by Crippen LogP contribution is 2.69. The lowest BCUT2D eigenvalue weighted by molar-refractivity contribution is -0.386. The van der Waals surface area contributed by atoms with E-state index in [1.54, 1.807) is 6.92 Å². The zero-order valence-corrected chi connectivity index (χ0v) is 23.2. The minimum Gasteiger partial charge on any atom is -0.469 e. The van der Waals surface area contributed by atoms with Crippen molar-refractivity contribution in [1.29, 1.82) is 0 Å². The smallest absolute Gasteiger partial charge is 0.199 e. The van der Waals surface area contributed by atoms with Crippen LogP contribution in [0.2, 0.25) is 0 Å². The molecule has 2 heterocycles. The molecular formula is C30H46O7. The van der Waals surface area contributed by atoms with Crippen molar-refractivity contribution >= 4 is 5.78 Å². The molecule has 4 fully saturated rings. The molecule has 6 rings (SSSR count). The topological polar surface area (TPSA) is 94.5 Å². The standard InChI is InChI=1S/C28H40O6.C2H6O/c1-6-7-12-31-19-11-8-16-13-14(2)20-21(23(16)32-19)18-10-9-17-15(3)24(30)28(18)25(17)33-27(4,5)34-26(28)22(20)29;1-2-3/h14,17-22,25-26,29H,3,6-13H2,1-2,4-5H3;3H,2H2,1H3. The molecule has 37 heavy (non-hydrogen) atoms. The third-order valence-corrected chi connectivity index (χ3v) is 9.83. The van der Waals surface area contributed by atoms with E-state index in [1.165, 1.54) is 5.57 Å². The molecule has 7 nitrogen and oxygen atoms in total. The third-order valence-electron chi connectivity index (χ3n) is 9.83. The number of ketones is 1. The molecule has 3 saturated carbocycles. The molecule has 10 atom stereocenters. The Morgan fingerprint density at radius 3 is 2.54 bits per heavy atom. The van der Waals surface area contributed by atoms with Crippen molar-refractivity contribution in [3.63, 3.8) is 0 Å². The molecule has 4 aliphatic carbocycles. The summed E-state index contributed by atoms with van der Waals surface area (Å²) >= 11 is 0. The molecule has 1 saturated heterocycles. The van der Waals surface area contributed by atoms with Gasteiger partial charge >= 0.3 is 0 Å². The van der Waals surface area contributed by atoms with Gasteiger partial charge in [-0.2, -0.15) is 0 Å². The minimum absolute atomic E-state index is 0.00467. The van der Waals surface area contributed by atoms with Crippen molar-refractivity contribution in [3.8, 4) is 0 Å². The van der Waals surface area contributed by atoms with Crippen LogP contribution >= 0.6 is 0 Å². The predicted octanol–water partition coefficient (Wildman–Crippen LogP) is 4.51. The van der Waals surface area contributed by atoms with Gasteiger partial charge in [0.15, 0.2) is 17.9 Å². The van der Waals surface area contributed by atoms with Crippen LogP contribution in [-0.2, 0) is 23.7 Å². The van der Waals surface area contributed by atoms with Gasteiger partial charge in [-0.1, -0.05) is 26.8 Å². The lowest BCUT2D eigenvalue weighted by Gasteiger charge is -2.65. The Morgan fingerprint density at radius 2 is 1.84 bits per heavy atom. The maximum atomic E-state index is 14.0. The molecule has 1 spiro atoms. The van der Waals surface area contributed by atoms with E-state index in [2.05, 4.69) is 20.4 Å². The van der Waals surface area contributed by atoms with E-state index in [9.17, 15) is 9.90 Å². The average Bonchev–Trinajstić information content (AvgIpc) is 2.97. The first kappa shape index (κ1) is 27.3. The number of ether oxygens (including phenoxy) is 4. The first-order chi connectivity index (χ1) is 17.6. The van der Waals surface area contributed by atoms with Crippen LogP contribution in [0.4, 0.5) is 0 Å². The lowest BCUT2D eigenvalue weighted by Crippen LogP contribution is -2.73. The summed E-state index contributed by atoms with van der Waals surface area (Å²) in [7, 11) is 0. The molecule has 2 aliphatic heterocycles. The Kier molecular flexibility index (Phi) is 7.42. The molecule has 0 radical (unpaired) electrons. The molecule has 2 bridgehead atoms. The van der Waals surface area contributed by atoms with Crippen molar-refractivity contribution < 1.29 is 34.0 Å². The lowest BCUT2D eigenvalue weighted by atomic mass is 9.46. The van der Waals surface area contributed by atoms with Crippen LogP contribution in [0.5, 0.6) is 0 Å². The number of aliphatic hydroxyl groups is 2. The molecule has 2 N–H and O–H groups in total. The van der Waals surface area contributed by atoms with E-state index in [1.807, 2.05) is 13.8 Å². The number of hydrogen-bond donors (Lipinski definition) is 2. The van der Waals surface area contributed by atoms with Gasteiger partial charge in [0.25, 0.3) is 0 Å². The number of carbonyl (C=O) groups excluding carboxylic acids is 1. The SMILES string of the molecule is C=C1C(=O)C23C4CCC1C2OC(C)(C)OC3C(O)C1C(C)CC2=C(OC(OCCCC)CC2)C14.CCO. The van der Waals surface area contributed by atoms with Gasteiger partial charge in [-0.05, 0) is 75.9 Å². The highest BCUT2D eigenvalue weighted by Gasteiger charge is 2.77. The summed E-state index contributed by atoms with van der Waals surface area (Å²) in [6, 6.07) is 0. The van der Waals surface area contributed by atoms with Crippen LogP contribution in [0, 0.1) is 35.0 Å². The predicted molar refractivity (Wildman–Crippen MR) is 138 cm³/mol. The Hall–Kier alpha value is -1.25. The zero-order chi connectivity index (χ0) is 26.7. The molecule has 0 aromatic rings. The van der Waals surface area contributed by atoms with Gasteiger partial charge in [0.2, 0.25) is 0 Å². The number of unbranched alkanes of at least 4 members (excludes halogenated alkanes) is 1. The van der Waals surface area contributed by atoms with Crippen molar-refractivity contribution in [2.45, 2.75) is 110 Å². The van der Waals surface area contributed by atoms with Crippen LogP contribution in [0.3, 0.4) is 0 Å². The van der Waals surface area contributed by atoms with Crippen LogP contribution in [0.25, 0.3) is 0 Å². The number of rotatable bonds is 4. The van der Waals surface area contributed by atoms with Crippen LogP contribution in [0.1, 0.15) is 79.6 Å². The Morgan fingerprint density at radius 1 is 1.14 bits per heavy atom. The first-order valence-electron chi connectivity index (χ1n) is 14.5. The van der Waals surface area contributed by atoms with Crippen molar-refractivity contribution in [2.24, 2.45) is 35.0 Å². The highest BCUT2D eigenvalue weighted by molar-refractivity contribution is 6.04. The van der Waals surface area contributed by atoms with Crippen molar-refractivity contribution in [3.05, 3.63) is 23.5 Å². The van der Waals surface area contributed by atoms with Crippen LogP contribution in [-0.4, -0.2) is 59.6 Å². The van der Waals surface area contributed by atoms with Gasteiger partial charge in [-0.15, -0.1) is 0 Å². The van der Waals surface area contributed by atoms with E-state index >= 15 is 0 Å². The molecule has 208 valence electrons. The molecule has 6 aliphatic rings.